The maximum Gasteiger partial charge on any atom is 0.407 e. The van der Waals surface area contributed by atoms with Crippen LogP contribution in [0.2, 0.25) is 0 Å². The van der Waals surface area contributed by atoms with E-state index in [-0.39, 0.29) is 78.9 Å². The van der Waals surface area contributed by atoms with Gasteiger partial charge in [0.1, 0.15) is 18.8 Å². The van der Waals surface area contributed by atoms with Crippen LogP contribution in [0.4, 0.5) is 21.0 Å². The van der Waals surface area contributed by atoms with E-state index in [9.17, 15) is 41.4 Å². The topological polar surface area (TPSA) is 275 Å². The molecule has 20 nitrogen and oxygen atoms in total. The normalized spacial score (nSPS) is 17.3. The van der Waals surface area contributed by atoms with Crippen LogP contribution < -0.4 is 21.7 Å². The highest BCUT2D eigenvalue weighted by atomic mass is 32.2. The summed E-state index contributed by atoms with van der Waals surface area (Å²) in [4.78, 5) is 37.4. The lowest BCUT2D eigenvalue weighted by Gasteiger charge is -2.30. The summed E-state index contributed by atoms with van der Waals surface area (Å²) in [6, 6.07) is 28.9. The van der Waals surface area contributed by atoms with Crippen LogP contribution in [0.1, 0.15) is 65.0 Å². The Morgan fingerprint density at radius 3 is 1.43 bits per heavy atom. The monoisotopic (exact) mass is 1110 g/mol. The van der Waals surface area contributed by atoms with E-state index in [0.29, 0.717) is 63.7 Å². The summed E-state index contributed by atoms with van der Waals surface area (Å²) in [7, 11) is -7.94. The van der Waals surface area contributed by atoms with E-state index in [1.54, 1.807) is 0 Å². The molecule has 424 valence electrons. The lowest BCUT2D eigenvalue weighted by atomic mass is 10.0. The standard InChI is InChI=1S/C30H43N3O8S.C25H35N3O6S/c1-4-15-39-21-29(35)31-24-10-12-26(13-11-24)42(37,38)33(18-22(2)3)19-28(34)27(17-23-8-6-5-7-9-23)32-30(36)41-25-14-16-40-20-25;1-18(2)15-28(35(31,32)22-10-8-20(26)9-11-22)16-24(29)23(14-19-6-4-3-5-7-19)27-25(30)34-21-12-13-33-17-21/h5-13,22,25,27-28,34H,4,14-21H2,1-3H3,(H,31,35)(H,32,36);3-11,18,21,23-24,29H,12-17,26H2,1-2H3,(H,27,30)/t25-,27-,28+;21-,23-,24+/m00/s1. The Balaban J connectivity index is 0.000000289. The molecule has 2 heterocycles. The Bertz CT molecular complexity index is 2620. The predicted octanol–water partition coefficient (Wildman–Crippen LogP) is 5.59. The van der Waals surface area contributed by atoms with Crippen LogP contribution in [-0.4, -0.2) is 156 Å². The number of aliphatic hydroxyl groups is 2. The molecule has 0 aromatic heterocycles. The second kappa shape index (κ2) is 31.0. The zero-order valence-corrected chi connectivity index (χ0v) is 46.3. The maximum atomic E-state index is 13.7. The average molecular weight is 1110 g/mol. The van der Waals surface area contributed by atoms with Gasteiger partial charge in [-0.3, -0.25) is 4.79 Å². The molecule has 4 aromatic rings. The minimum absolute atomic E-state index is 0.0126. The minimum Gasteiger partial charge on any atom is -0.444 e. The summed E-state index contributed by atoms with van der Waals surface area (Å²) < 4.78 is 83.3. The number of amides is 3. The number of rotatable bonds is 27. The first-order valence-electron chi connectivity index (χ1n) is 26.1. The fraction of sp³-hybridized carbons (Fsp3) is 0.509. The molecule has 0 radical (unpaired) electrons. The van der Waals surface area contributed by atoms with Gasteiger partial charge in [-0.15, -0.1) is 0 Å². The number of nitrogens with zero attached hydrogens (tertiary/aromatic N) is 2. The molecule has 22 heteroatoms. The van der Waals surface area contributed by atoms with Gasteiger partial charge < -0.3 is 55.6 Å². The Kier molecular flexibility index (Phi) is 25.1. The molecule has 0 saturated carbocycles. The third kappa shape index (κ3) is 20.9. The van der Waals surface area contributed by atoms with Gasteiger partial charge in [-0.2, -0.15) is 8.61 Å². The number of nitrogens with one attached hydrogen (secondary N) is 3. The van der Waals surface area contributed by atoms with Crippen molar-refractivity contribution in [1.82, 2.24) is 19.2 Å². The van der Waals surface area contributed by atoms with Gasteiger partial charge in [-0.1, -0.05) is 95.3 Å². The number of anilines is 2. The summed E-state index contributed by atoms with van der Waals surface area (Å²) in [5.41, 5.74) is 8.36. The van der Waals surface area contributed by atoms with Gasteiger partial charge in [0, 0.05) is 57.0 Å². The number of hydrogen-bond donors (Lipinski definition) is 6. The van der Waals surface area contributed by atoms with Gasteiger partial charge >= 0.3 is 12.2 Å². The predicted molar refractivity (Wildman–Crippen MR) is 292 cm³/mol. The van der Waals surface area contributed by atoms with Gasteiger partial charge in [0.25, 0.3) is 0 Å². The van der Waals surface area contributed by atoms with Crippen molar-refractivity contribution < 1.29 is 65.1 Å². The first kappa shape index (κ1) is 62.2. The molecule has 2 saturated heterocycles. The molecular weight excluding hydrogens is 1030 g/mol. The lowest BCUT2D eigenvalue weighted by molar-refractivity contribution is -0.120. The molecule has 0 unspecified atom stereocenters. The number of alkyl carbamates (subject to hydrolysis) is 2. The molecule has 2 aliphatic heterocycles. The van der Waals surface area contributed by atoms with Crippen molar-refractivity contribution >= 4 is 49.5 Å². The zero-order chi connectivity index (χ0) is 56.0. The van der Waals surface area contributed by atoms with Crippen molar-refractivity contribution in [3.63, 3.8) is 0 Å². The molecular formula is C55H78N6O14S2. The first-order chi connectivity index (χ1) is 36.7. The summed E-state index contributed by atoms with van der Waals surface area (Å²) in [5, 5.41) is 30.7. The van der Waals surface area contributed by atoms with Crippen molar-refractivity contribution in [3.8, 4) is 0 Å². The number of carbonyl (C=O) groups excluding carboxylic acids is 3. The van der Waals surface area contributed by atoms with E-state index in [1.807, 2.05) is 95.3 Å². The van der Waals surface area contributed by atoms with Gasteiger partial charge in [-0.05, 0) is 90.8 Å². The molecule has 7 N–H and O–H groups in total. The fourth-order valence-corrected chi connectivity index (χ4v) is 11.6. The van der Waals surface area contributed by atoms with Crippen LogP contribution in [0.3, 0.4) is 0 Å². The van der Waals surface area contributed by atoms with E-state index < -0.39 is 56.5 Å². The van der Waals surface area contributed by atoms with Crippen LogP contribution in [0.5, 0.6) is 0 Å². The minimum atomic E-state index is -4.03. The van der Waals surface area contributed by atoms with Crippen molar-refractivity contribution in [2.75, 3.05) is 76.9 Å². The van der Waals surface area contributed by atoms with Crippen LogP contribution in [0.15, 0.2) is 119 Å². The average Bonchev–Trinajstić information content (AvgIpc) is 4.12. The van der Waals surface area contributed by atoms with E-state index in [1.165, 1.54) is 57.1 Å². The van der Waals surface area contributed by atoms with E-state index in [0.717, 1.165) is 17.5 Å². The van der Waals surface area contributed by atoms with E-state index in [2.05, 4.69) is 16.0 Å². The quantitative estimate of drug-likeness (QED) is 0.0314. The Labute approximate surface area is 454 Å². The number of nitrogen functional groups attached to an aromatic ring is 1. The molecule has 0 aliphatic carbocycles. The third-order valence-electron chi connectivity index (χ3n) is 12.2. The van der Waals surface area contributed by atoms with Crippen LogP contribution >= 0.6 is 0 Å². The van der Waals surface area contributed by atoms with E-state index >= 15 is 0 Å². The Hall–Kier alpha value is -5.69. The first-order valence-corrected chi connectivity index (χ1v) is 29.0. The van der Waals surface area contributed by atoms with Crippen LogP contribution in [0, 0.1) is 11.8 Å². The highest BCUT2D eigenvalue weighted by Gasteiger charge is 2.34. The SMILES string of the molecule is CC(C)CN(C[C@@H](O)[C@H](Cc1ccccc1)NC(=O)O[C@H]1CCOC1)S(=O)(=O)c1ccc(N)cc1.CCCOCC(=O)Nc1ccc(S(=O)(=O)N(CC(C)C)C[C@@H](O)[C@H](Cc2ccccc2)NC(=O)O[C@H]2CCOC2)cc1. The Morgan fingerprint density at radius 2 is 1.05 bits per heavy atom. The van der Waals surface area contributed by atoms with Crippen LogP contribution in [-0.2, 0) is 61.4 Å². The van der Waals surface area contributed by atoms with Crippen molar-refractivity contribution in [1.29, 1.82) is 0 Å². The second-order valence-electron chi connectivity index (χ2n) is 19.9. The zero-order valence-electron chi connectivity index (χ0n) is 44.7. The fourth-order valence-electron chi connectivity index (χ4n) is 8.37. The maximum absolute atomic E-state index is 13.7. The Morgan fingerprint density at radius 1 is 0.636 bits per heavy atom. The second-order valence-corrected chi connectivity index (χ2v) is 23.8. The highest BCUT2D eigenvalue weighted by molar-refractivity contribution is 7.89. The molecule has 4 aromatic carbocycles. The number of sulfonamides is 2. The highest BCUT2D eigenvalue weighted by Crippen LogP contribution is 2.23. The van der Waals surface area contributed by atoms with E-state index in [4.69, 9.17) is 29.4 Å². The lowest BCUT2D eigenvalue weighted by Crippen LogP contribution is -2.51. The molecule has 6 atom stereocenters. The van der Waals surface area contributed by atoms with Crippen LogP contribution in [0.25, 0.3) is 0 Å². The third-order valence-corrected chi connectivity index (χ3v) is 15.9. The summed E-state index contributed by atoms with van der Waals surface area (Å²) in [6.07, 6.45) is -1.93. The van der Waals surface area contributed by atoms with Crippen molar-refractivity contribution in [2.45, 2.75) is 113 Å². The molecule has 0 spiro atoms. The van der Waals surface area contributed by atoms with Crippen molar-refractivity contribution in [2.24, 2.45) is 11.8 Å². The van der Waals surface area contributed by atoms with Gasteiger partial charge in [0.15, 0.2) is 0 Å². The summed E-state index contributed by atoms with van der Waals surface area (Å²) in [5.74, 6) is -0.361. The number of aliphatic hydroxyl groups excluding tert-OH is 2. The molecule has 0 bridgehead atoms. The number of ether oxygens (including phenoxy) is 5. The largest absolute Gasteiger partial charge is 0.444 e. The molecule has 3 amide bonds. The molecule has 2 aliphatic rings. The number of benzene rings is 4. The number of carbonyl (C=O) groups is 3. The van der Waals surface area contributed by atoms with Gasteiger partial charge in [-0.25, -0.2) is 26.4 Å². The van der Waals surface area contributed by atoms with Gasteiger partial charge in [0.05, 0.1) is 60.5 Å². The van der Waals surface area contributed by atoms with Gasteiger partial charge in [0.2, 0.25) is 26.0 Å². The molecule has 2 fully saturated rings. The number of hydrogen-bond acceptors (Lipinski definition) is 15. The molecule has 6 rings (SSSR count). The smallest absolute Gasteiger partial charge is 0.407 e. The summed E-state index contributed by atoms with van der Waals surface area (Å²) >= 11 is 0. The summed E-state index contributed by atoms with van der Waals surface area (Å²) in [6.45, 7) is 11.5. The molecule has 77 heavy (non-hydrogen) atoms. The number of nitrogens with two attached hydrogens (primary N) is 1. The van der Waals surface area contributed by atoms with Crippen molar-refractivity contribution in [3.05, 3.63) is 120 Å².